The summed E-state index contributed by atoms with van der Waals surface area (Å²) in [5.41, 5.74) is 0.732. The van der Waals surface area contributed by atoms with Crippen molar-refractivity contribution in [3.8, 4) is 0 Å². The van der Waals surface area contributed by atoms with Crippen LogP contribution in [0.25, 0.3) is 0 Å². The molecule has 1 aromatic rings. The Morgan fingerprint density at radius 1 is 1.47 bits per heavy atom. The van der Waals surface area contributed by atoms with E-state index in [0.717, 1.165) is 18.3 Å². The first kappa shape index (κ1) is 13.8. The third kappa shape index (κ3) is 3.43. The molecule has 0 radical (unpaired) electrons. The predicted octanol–water partition coefficient (Wildman–Crippen LogP) is 3.54. The van der Waals surface area contributed by atoms with Gasteiger partial charge in [-0.25, -0.2) is 4.98 Å². The molecule has 104 valence electrons. The zero-order valence-electron chi connectivity index (χ0n) is 11.6. The van der Waals surface area contributed by atoms with Gasteiger partial charge in [-0.3, -0.25) is 10.1 Å². The van der Waals surface area contributed by atoms with Gasteiger partial charge in [-0.2, -0.15) is 0 Å². The third-order valence-electron chi connectivity index (χ3n) is 4.11. The summed E-state index contributed by atoms with van der Waals surface area (Å²) in [7, 11) is 0. The summed E-state index contributed by atoms with van der Waals surface area (Å²) >= 11 is 0. The van der Waals surface area contributed by atoms with E-state index in [1.54, 1.807) is 13.0 Å². The number of aryl methyl sites for hydroxylation is 1. The molecular formula is C14H21N3O2. The molecule has 1 heterocycles. The number of nitrogens with zero attached hydrogens (tertiary/aromatic N) is 2. The highest BCUT2D eigenvalue weighted by Gasteiger charge is 2.21. The van der Waals surface area contributed by atoms with Crippen molar-refractivity contribution in [2.24, 2.45) is 11.8 Å². The fourth-order valence-corrected chi connectivity index (χ4v) is 2.77. The molecule has 1 N–H and O–H groups in total. The van der Waals surface area contributed by atoms with Crippen molar-refractivity contribution in [2.45, 2.75) is 39.5 Å². The first-order valence-corrected chi connectivity index (χ1v) is 6.93. The average molecular weight is 263 g/mol. The second-order valence-corrected chi connectivity index (χ2v) is 5.52. The zero-order valence-corrected chi connectivity index (χ0v) is 11.6. The van der Waals surface area contributed by atoms with Crippen LogP contribution in [0.4, 0.5) is 11.5 Å². The van der Waals surface area contributed by atoms with Crippen LogP contribution in [-0.4, -0.2) is 16.5 Å². The quantitative estimate of drug-likeness (QED) is 0.666. The van der Waals surface area contributed by atoms with Gasteiger partial charge in [0.05, 0.1) is 4.92 Å². The van der Waals surface area contributed by atoms with Crippen LogP contribution >= 0.6 is 0 Å². The number of hydrogen-bond acceptors (Lipinski definition) is 4. The SMILES string of the molecule is Cc1cc(NCC2CCCCC2C)ncc1[N+](=O)[O-]. The van der Waals surface area contributed by atoms with E-state index in [2.05, 4.69) is 17.2 Å². The van der Waals surface area contributed by atoms with Crippen molar-refractivity contribution >= 4 is 11.5 Å². The molecular weight excluding hydrogens is 242 g/mol. The van der Waals surface area contributed by atoms with E-state index in [0.29, 0.717) is 11.5 Å². The van der Waals surface area contributed by atoms with Crippen LogP contribution in [0.3, 0.4) is 0 Å². The van der Waals surface area contributed by atoms with E-state index >= 15 is 0 Å². The fourth-order valence-electron chi connectivity index (χ4n) is 2.77. The molecule has 0 bridgehead atoms. The second kappa shape index (κ2) is 5.99. The van der Waals surface area contributed by atoms with Crippen LogP contribution in [0.15, 0.2) is 12.3 Å². The molecule has 0 saturated heterocycles. The van der Waals surface area contributed by atoms with Crippen molar-refractivity contribution in [1.29, 1.82) is 0 Å². The maximum atomic E-state index is 10.7. The Hall–Kier alpha value is -1.65. The molecule has 5 nitrogen and oxygen atoms in total. The normalized spacial score (nSPS) is 23.1. The third-order valence-corrected chi connectivity index (χ3v) is 4.11. The van der Waals surface area contributed by atoms with Crippen LogP contribution in [0.2, 0.25) is 0 Å². The summed E-state index contributed by atoms with van der Waals surface area (Å²) in [6.07, 6.45) is 6.55. The van der Waals surface area contributed by atoms with Crippen molar-refractivity contribution < 1.29 is 4.92 Å². The van der Waals surface area contributed by atoms with E-state index in [1.807, 2.05) is 0 Å². The molecule has 0 aliphatic heterocycles. The molecule has 2 atom stereocenters. The molecule has 0 spiro atoms. The van der Waals surface area contributed by atoms with Gasteiger partial charge < -0.3 is 5.32 Å². The van der Waals surface area contributed by atoms with Gasteiger partial charge in [0.25, 0.3) is 5.69 Å². The minimum atomic E-state index is -0.394. The summed E-state index contributed by atoms with van der Waals surface area (Å²) < 4.78 is 0. The summed E-state index contributed by atoms with van der Waals surface area (Å²) in [5, 5.41) is 14.0. The minimum absolute atomic E-state index is 0.0802. The number of nitrogens with one attached hydrogen (secondary N) is 1. The molecule has 1 aromatic heterocycles. The molecule has 0 amide bonds. The average Bonchev–Trinajstić information content (AvgIpc) is 2.37. The van der Waals surface area contributed by atoms with E-state index in [-0.39, 0.29) is 5.69 Å². The summed E-state index contributed by atoms with van der Waals surface area (Å²) in [4.78, 5) is 14.5. The first-order chi connectivity index (χ1) is 9.08. The van der Waals surface area contributed by atoms with Crippen LogP contribution in [0, 0.1) is 28.9 Å². The van der Waals surface area contributed by atoms with Crippen LogP contribution < -0.4 is 5.32 Å². The molecule has 1 aliphatic rings. The largest absolute Gasteiger partial charge is 0.370 e. The molecule has 2 rings (SSSR count). The molecule has 19 heavy (non-hydrogen) atoms. The molecule has 1 fully saturated rings. The topological polar surface area (TPSA) is 68.1 Å². The molecule has 5 heteroatoms. The Morgan fingerprint density at radius 2 is 2.21 bits per heavy atom. The smallest absolute Gasteiger partial charge is 0.290 e. The van der Waals surface area contributed by atoms with Gasteiger partial charge in [-0.1, -0.05) is 26.2 Å². The monoisotopic (exact) mass is 263 g/mol. The van der Waals surface area contributed by atoms with Gasteiger partial charge in [0.15, 0.2) is 0 Å². The predicted molar refractivity (Wildman–Crippen MR) is 75.2 cm³/mol. The van der Waals surface area contributed by atoms with Gasteiger partial charge in [0, 0.05) is 12.1 Å². The second-order valence-electron chi connectivity index (χ2n) is 5.52. The minimum Gasteiger partial charge on any atom is -0.370 e. The molecule has 2 unspecified atom stereocenters. The Labute approximate surface area is 113 Å². The maximum absolute atomic E-state index is 10.7. The van der Waals surface area contributed by atoms with Crippen molar-refractivity contribution in [2.75, 3.05) is 11.9 Å². The van der Waals surface area contributed by atoms with E-state index < -0.39 is 4.92 Å². The summed E-state index contributed by atoms with van der Waals surface area (Å²) in [6, 6.07) is 1.76. The van der Waals surface area contributed by atoms with Crippen LogP contribution in [-0.2, 0) is 0 Å². The number of aromatic nitrogens is 1. The first-order valence-electron chi connectivity index (χ1n) is 6.93. The van der Waals surface area contributed by atoms with Crippen LogP contribution in [0.1, 0.15) is 38.2 Å². The standard InChI is InChI=1S/C14H21N3O2/c1-10-5-3-4-6-12(10)8-15-14-7-11(2)13(9-16-14)17(18)19/h7,9-10,12H,3-6,8H2,1-2H3,(H,15,16). The Bertz CT molecular complexity index is 462. The van der Waals surface area contributed by atoms with E-state index in [9.17, 15) is 10.1 Å². The number of rotatable bonds is 4. The Kier molecular flexibility index (Phi) is 4.35. The highest BCUT2D eigenvalue weighted by atomic mass is 16.6. The zero-order chi connectivity index (χ0) is 13.8. The van der Waals surface area contributed by atoms with E-state index in [4.69, 9.17) is 0 Å². The van der Waals surface area contributed by atoms with E-state index in [1.165, 1.54) is 31.9 Å². The maximum Gasteiger partial charge on any atom is 0.290 e. The van der Waals surface area contributed by atoms with Crippen molar-refractivity contribution in [1.82, 2.24) is 4.98 Å². The number of anilines is 1. The number of nitro groups is 1. The fraction of sp³-hybridized carbons (Fsp3) is 0.643. The highest BCUT2D eigenvalue weighted by molar-refractivity contribution is 5.46. The Morgan fingerprint density at radius 3 is 2.84 bits per heavy atom. The highest BCUT2D eigenvalue weighted by Crippen LogP contribution is 2.29. The van der Waals surface area contributed by atoms with Gasteiger partial charge in [0.2, 0.25) is 0 Å². The Balaban J connectivity index is 1.96. The molecule has 1 saturated carbocycles. The van der Waals surface area contributed by atoms with Crippen molar-refractivity contribution in [3.63, 3.8) is 0 Å². The lowest BCUT2D eigenvalue weighted by molar-refractivity contribution is -0.385. The number of pyridine rings is 1. The lowest BCUT2D eigenvalue weighted by atomic mass is 9.80. The van der Waals surface area contributed by atoms with Gasteiger partial charge in [-0.15, -0.1) is 0 Å². The lowest BCUT2D eigenvalue weighted by Gasteiger charge is -2.28. The van der Waals surface area contributed by atoms with Crippen LogP contribution in [0.5, 0.6) is 0 Å². The number of hydrogen-bond donors (Lipinski definition) is 1. The summed E-state index contributed by atoms with van der Waals surface area (Å²) in [5.74, 6) is 2.17. The lowest BCUT2D eigenvalue weighted by Crippen LogP contribution is -2.24. The molecule has 0 aromatic carbocycles. The van der Waals surface area contributed by atoms with Crippen molar-refractivity contribution in [3.05, 3.63) is 27.9 Å². The van der Waals surface area contributed by atoms with Gasteiger partial charge in [0.1, 0.15) is 12.0 Å². The van der Waals surface area contributed by atoms with Gasteiger partial charge in [-0.05, 0) is 31.2 Å². The molecule has 1 aliphatic carbocycles. The summed E-state index contributed by atoms with van der Waals surface area (Å²) in [6.45, 7) is 4.96. The van der Waals surface area contributed by atoms with Gasteiger partial charge >= 0.3 is 0 Å².